The van der Waals surface area contributed by atoms with Gasteiger partial charge < -0.3 is 19.7 Å². The Labute approximate surface area is 185 Å². The van der Waals surface area contributed by atoms with Gasteiger partial charge >= 0.3 is 0 Å². The topological polar surface area (TPSA) is 77.3 Å². The van der Waals surface area contributed by atoms with Crippen LogP contribution in [0.15, 0.2) is 54.7 Å². The highest BCUT2D eigenvalue weighted by molar-refractivity contribution is 5.90. The lowest BCUT2D eigenvalue weighted by atomic mass is 10.0. The number of piperidine rings is 1. The SMILES string of the molecule is CC1CCCN(c2nc(Nc3ccc4c(c3)OCO4)c3cnn(-c4ccccc4)c3n2)C1. The molecule has 1 fully saturated rings. The van der Waals surface area contributed by atoms with Crippen molar-refractivity contribution in [2.75, 3.05) is 30.1 Å². The van der Waals surface area contributed by atoms with E-state index in [0.717, 1.165) is 65.2 Å². The number of nitrogens with zero attached hydrogens (tertiary/aromatic N) is 5. The Bertz CT molecular complexity index is 1270. The van der Waals surface area contributed by atoms with E-state index in [1.807, 2.05) is 59.4 Å². The smallest absolute Gasteiger partial charge is 0.231 e. The summed E-state index contributed by atoms with van der Waals surface area (Å²) in [6.07, 6.45) is 4.20. The van der Waals surface area contributed by atoms with Gasteiger partial charge in [0, 0.05) is 24.8 Å². The number of nitrogens with one attached hydrogen (secondary N) is 1. The number of benzene rings is 2. The standard InChI is InChI=1S/C24H24N6O2/c1-16-6-5-11-29(14-16)24-27-22(26-17-9-10-20-21(12-17)32-15-31-20)19-13-25-30(23(19)28-24)18-7-3-2-4-8-18/h2-4,7-10,12-13,16H,5-6,11,14-15H2,1H3,(H,26,27,28). The minimum absolute atomic E-state index is 0.248. The predicted molar refractivity (Wildman–Crippen MR) is 123 cm³/mol. The monoisotopic (exact) mass is 428 g/mol. The van der Waals surface area contributed by atoms with Crippen LogP contribution in [0.2, 0.25) is 0 Å². The third-order valence-electron chi connectivity index (χ3n) is 5.99. The van der Waals surface area contributed by atoms with E-state index in [9.17, 15) is 0 Å². The first-order valence-electron chi connectivity index (χ1n) is 11.0. The van der Waals surface area contributed by atoms with E-state index in [0.29, 0.717) is 5.92 Å². The van der Waals surface area contributed by atoms with Crippen molar-refractivity contribution in [2.45, 2.75) is 19.8 Å². The molecular weight excluding hydrogens is 404 g/mol. The first-order chi connectivity index (χ1) is 15.7. The van der Waals surface area contributed by atoms with Gasteiger partial charge in [0.1, 0.15) is 5.82 Å². The van der Waals surface area contributed by atoms with E-state index >= 15 is 0 Å². The summed E-state index contributed by atoms with van der Waals surface area (Å²) in [7, 11) is 0. The highest BCUT2D eigenvalue weighted by Gasteiger charge is 2.22. The van der Waals surface area contributed by atoms with Gasteiger partial charge in [-0.1, -0.05) is 25.1 Å². The number of hydrogen-bond donors (Lipinski definition) is 1. The number of para-hydroxylation sites is 1. The van der Waals surface area contributed by atoms with Crippen LogP contribution in [0.3, 0.4) is 0 Å². The lowest BCUT2D eigenvalue weighted by Crippen LogP contribution is -2.35. The third-order valence-corrected chi connectivity index (χ3v) is 5.99. The zero-order valence-corrected chi connectivity index (χ0v) is 17.9. The lowest BCUT2D eigenvalue weighted by molar-refractivity contribution is 0.174. The van der Waals surface area contributed by atoms with Crippen molar-refractivity contribution in [2.24, 2.45) is 5.92 Å². The van der Waals surface area contributed by atoms with Crippen LogP contribution in [-0.4, -0.2) is 39.6 Å². The highest BCUT2D eigenvalue weighted by Crippen LogP contribution is 2.36. The molecule has 4 aromatic rings. The van der Waals surface area contributed by atoms with Crippen LogP contribution in [0.4, 0.5) is 17.5 Å². The van der Waals surface area contributed by atoms with Crippen LogP contribution in [-0.2, 0) is 0 Å². The fourth-order valence-corrected chi connectivity index (χ4v) is 4.37. The maximum atomic E-state index is 5.54. The van der Waals surface area contributed by atoms with Crippen molar-refractivity contribution >= 4 is 28.5 Å². The Hall–Kier alpha value is -3.81. The molecule has 1 saturated heterocycles. The van der Waals surface area contributed by atoms with Crippen LogP contribution in [0.5, 0.6) is 11.5 Å². The van der Waals surface area contributed by atoms with Gasteiger partial charge in [-0.05, 0) is 43.0 Å². The van der Waals surface area contributed by atoms with Crippen molar-refractivity contribution in [1.29, 1.82) is 0 Å². The average molecular weight is 428 g/mol. The molecule has 162 valence electrons. The van der Waals surface area contributed by atoms with Gasteiger partial charge in [0.15, 0.2) is 17.1 Å². The highest BCUT2D eigenvalue weighted by atomic mass is 16.7. The lowest BCUT2D eigenvalue weighted by Gasteiger charge is -2.31. The zero-order valence-electron chi connectivity index (χ0n) is 17.9. The average Bonchev–Trinajstić information content (AvgIpc) is 3.46. The molecule has 1 atom stereocenters. The Morgan fingerprint density at radius 3 is 2.78 bits per heavy atom. The van der Waals surface area contributed by atoms with Crippen LogP contribution >= 0.6 is 0 Å². The second-order valence-electron chi connectivity index (χ2n) is 8.39. The molecule has 2 aromatic heterocycles. The van der Waals surface area contributed by atoms with E-state index in [1.54, 1.807) is 0 Å². The minimum Gasteiger partial charge on any atom is -0.454 e. The van der Waals surface area contributed by atoms with E-state index < -0.39 is 0 Å². The van der Waals surface area contributed by atoms with Gasteiger partial charge in [-0.2, -0.15) is 15.1 Å². The molecule has 2 aromatic carbocycles. The number of fused-ring (bicyclic) bond motifs is 2. The van der Waals surface area contributed by atoms with E-state index in [2.05, 4.69) is 22.2 Å². The van der Waals surface area contributed by atoms with E-state index in [-0.39, 0.29) is 6.79 Å². The van der Waals surface area contributed by atoms with Gasteiger partial charge in [-0.25, -0.2) is 4.68 Å². The number of anilines is 3. The summed E-state index contributed by atoms with van der Waals surface area (Å²) in [6.45, 7) is 4.44. The summed E-state index contributed by atoms with van der Waals surface area (Å²) >= 11 is 0. The van der Waals surface area contributed by atoms with Crippen LogP contribution in [0, 0.1) is 5.92 Å². The maximum Gasteiger partial charge on any atom is 0.231 e. The predicted octanol–water partition coefficient (Wildman–Crippen LogP) is 4.52. The number of rotatable bonds is 4. The first kappa shape index (κ1) is 18.9. The quantitative estimate of drug-likeness (QED) is 0.512. The molecule has 1 N–H and O–H groups in total. The molecule has 0 amide bonds. The molecule has 2 aliphatic rings. The second-order valence-corrected chi connectivity index (χ2v) is 8.39. The second kappa shape index (κ2) is 7.71. The largest absolute Gasteiger partial charge is 0.454 e. The summed E-state index contributed by atoms with van der Waals surface area (Å²) in [5.74, 6) is 3.55. The fourth-order valence-electron chi connectivity index (χ4n) is 4.37. The number of ether oxygens (including phenoxy) is 2. The zero-order chi connectivity index (χ0) is 21.5. The fraction of sp³-hybridized carbons (Fsp3) is 0.292. The van der Waals surface area contributed by atoms with Crippen molar-refractivity contribution in [3.8, 4) is 17.2 Å². The molecule has 0 saturated carbocycles. The van der Waals surface area contributed by atoms with Crippen LogP contribution < -0.4 is 19.7 Å². The first-order valence-corrected chi connectivity index (χ1v) is 11.0. The molecule has 8 heteroatoms. The Balaban J connectivity index is 1.46. The molecule has 0 radical (unpaired) electrons. The molecule has 0 aliphatic carbocycles. The third kappa shape index (κ3) is 3.37. The molecule has 8 nitrogen and oxygen atoms in total. The summed E-state index contributed by atoms with van der Waals surface area (Å²) in [4.78, 5) is 12.2. The molecule has 0 bridgehead atoms. The Morgan fingerprint density at radius 2 is 1.91 bits per heavy atom. The molecular formula is C24H24N6O2. The van der Waals surface area contributed by atoms with Crippen LogP contribution in [0.25, 0.3) is 16.7 Å². The number of aromatic nitrogens is 4. The molecule has 32 heavy (non-hydrogen) atoms. The summed E-state index contributed by atoms with van der Waals surface area (Å²) in [5, 5.41) is 8.96. The summed E-state index contributed by atoms with van der Waals surface area (Å²) in [6, 6.07) is 15.9. The molecule has 2 aliphatic heterocycles. The van der Waals surface area contributed by atoms with E-state index in [4.69, 9.17) is 19.4 Å². The van der Waals surface area contributed by atoms with Crippen molar-refractivity contribution in [3.63, 3.8) is 0 Å². The van der Waals surface area contributed by atoms with Gasteiger partial charge in [0.25, 0.3) is 0 Å². The molecule has 6 rings (SSSR count). The van der Waals surface area contributed by atoms with Gasteiger partial charge in [0.05, 0.1) is 17.3 Å². The maximum absolute atomic E-state index is 5.54. The van der Waals surface area contributed by atoms with Gasteiger partial charge in [-0.3, -0.25) is 0 Å². The number of hydrogen-bond acceptors (Lipinski definition) is 7. The van der Waals surface area contributed by atoms with Crippen molar-refractivity contribution in [1.82, 2.24) is 19.7 Å². The molecule has 4 heterocycles. The summed E-state index contributed by atoms with van der Waals surface area (Å²) in [5.41, 5.74) is 2.62. The van der Waals surface area contributed by atoms with E-state index in [1.165, 1.54) is 6.42 Å². The Kier molecular flexibility index (Phi) is 4.56. The van der Waals surface area contributed by atoms with Crippen molar-refractivity contribution < 1.29 is 9.47 Å². The van der Waals surface area contributed by atoms with Crippen molar-refractivity contribution in [3.05, 3.63) is 54.7 Å². The van der Waals surface area contributed by atoms with Gasteiger partial charge in [0.2, 0.25) is 12.7 Å². The van der Waals surface area contributed by atoms with Gasteiger partial charge in [-0.15, -0.1) is 0 Å². The molecule has 1 unspecified atom stereocenters. The molecule has 0 spiro atoms. The van der Waals surface area contributed by atoms with Crippen LogP contribution in [0.1, 0.15) is 19.8 Å². The minimum atomic E-state index is 0.248. The Morgan fingerprint density at radius 1 is 1.03 bits per heavy atom. The normalized spacial score (nSPS) is 17.7. The summed E-state index contributed by atoms with van der Waals surface area (Å²) < 4.78 is 12.9.